The highest BCUT2D eigenvalue weighted by Crippen LogP contribution is 2.31. The Labute approximate surface area is 100 Å². The lowest BCUT2D eigenvalue weighted by molar-refractivity contribution is 0.814. The van der Waals surface area contributed by atoms with Crippen LogP contribution in [0.3, 0.4) is 0 Å². The fourth-order valence-corrected chi connectivity index (χ4v) is 2.79. The Hall–Kier alpha value is -1.19. The molecule has 1 atom stereocenters. The van der Waals surface area contributed by atoms with E-state index in [0.29, 0.717) is 0 Å². The molecule has 2 rings (SSSR count). The number of thiazole rings is 1. The highest BCUT2D eigenvalue weighted by atomic mass is 32.1. The van der Waals surface area contributed by atoms with Gasteiger partial charge in [-0.3, -0.25) is 0 Å². The van der Waals surface area contributed by atoms with Gasteiger partial charge in [-0.1, -0.05) is 37.3 Å². The van der Waals surface area contributed by atoms with E-state index >= 15 is 0 Å². The lowest BCUT2D eigenvalue weighted by Crippen LogP contribution is -2.05. The number of benzene rings is 1. The number of aromatic nitrogens is 1. The maximum atomic E-state index is 5.95. The van der Waals surface area contributed by atoms with E-state index in [2.05, 4.69) is 24.0 Å². The summed E-state index contributed by atoms with van der Waals surface area (Å²) in [4.78, 5) is 5.87. The van der Waals surface area contributed by atoms with Gasteiger partial charge < -0.3 is 5.73 Å². The maximum absolute atomic E-state index is 5.95. The molecule has 1 heterocycles. The molecule has 0 amide bonds. The number of hydrogen-bond acceptors (Lipinski definition) is 3. The highest BCUT2D eigenvalue weighted by molar-refractivity contribution is 7.15. The van der Waals surface area contributed by atoms with Crippen LogP contribution in [-0.2, 0) is 6.42 Å². The van der Waals surface area contributed by atoms with E-state index < -0.39 is 0 Å². The molecule has 0 aliphatic carbocycles. The van der Waals surface area contributed by atoms with Crippen LogP contribution in [0.5, 0.6) is 0 Å². The molecule has 16 heavy (non-hydrogen) atoms. The smallest absolute Gasteiger partial charge is 0.123 e. The molecule has 2 nitrogen and oxygen atoms in total. The molecule has 0 spiro atoms. The van der Waals surface area contributed by atoms with Gasteiger partial charge in [0.25, 0.3) is 0 Å². The fraction of sp³-hybridized carbons (Fsp3) is 0.308. The van der Waals surface area contributed by atoms with Crippen molar-refractivity contribution < 1.29 is 0 Å². The van der Waals surface area contributed by atoms with E-state index in [1.165, 1.54) is 10.4 Å². The van der Waals surface area contributed by atoms with E-state index in [-0.39, 0.29) is 6.04 Å². The Kier molecular flexibility index (Phi) is 3.36. The van der Waals surface area contributed by atoms with Crippen LogP contribution in [0.25, 0.3) is 10.6 Å². The summed E-state index contributed by atoms with van der Waals surface area (Å²) in [5, 5.41) is 1.07. The molecule has 84 valence electrons. The third-order valence-corrected chi connectivity index (χ3v) is 3.84. The van der Waals surface area contributed by atoms with Gasteiger partial charge >= 0.3 is 0 Å². The summed E-state index contributed by atoms with van der Waals surface area (Å²) in [5.74, 6) is 0. The zero-order valence-electron chi connectivity index (χ0n) is 9.60. The fourth-order valence-electron chi connectivity index (χ4n) is 1.68. The van der Waals surface area contributed by atoms with Gasteiger partial charge in [0.1, 0.15) is 5.01 Å². The zero-order chi connectivity index (χ0) is 11.5. The van der Waals surface area contributed by atoms with Crippen LogP contribution in [0.15, 0.2) is 30.3 Å². The first-order valence-corrected chi connectivity index (χ1v) is 6.34. The van der Waals surface area contributed by atoms with Crippen molar-refractivity contribution in [1.82, 2.24) is 4.98 Å². The number of nitrogens with two attached hydrogens (primary N) is 1. The van der Waals surface area contributed by atoms with E-state index in [0.717, 1.165) is 17.1 Å². The Morgan fingerprint density at radius 3 is 2.50 bits per heavy atom. The molecule has 0 saturated carbocycles. The molecular formula is C13H16N2S. The average molecular weight is 232 g/mol. The Balaban J connectivity index is 2.44. The molecule has 1 aromatic heterocycles. The van der Waals surface area contributed by atoms with Gasteiger partial charge in [0.15, 0.2) is 0 Å². The van der Waals surface area contributed by atoms with Crippen LogP contribution in [0.1, 0.15) is 30.5 Å². The summed E-state index contributed by atoms with van der Waals surface area (Å²) in [6, 6.07) is 10.3. The summed E-state index contributed by atoms with van der Waals surface area (Å²) >= 11 is 1.71. The Morgan fingerprint density at radius 2 is 2.00 bits per heavy atom. The predicted octanol–water partition coefficient (Wildman–Crippen LogP) is 3.39. The van der Waals surface area contributed by atoms with Crippen molar-refractivity contribution >= 4 is 11.3 Å². The van der Waals surface area contributed by atoms with Gasteiger partial charge in [-0.25, -0.2) is 4.98 Å². The lowest BCUT2D eigenvalue weighted by Gasteiger charge is -2.01. The molecule has 2 aromatic rings. The number of aryl methyl sites for hydroxylation is 1. The third-order valence-electron chi connectivity index (χ3n) is 2.50. The first-order valence-electron chi connectivity index (χ1n) is 5.53. The Bertz CT molecular complexity index is 460. The SMILES string of the molecule is CCc1nc(-c2ccccc2)sc1C(C)N. The molecule has 0 aliphatic rings. The molecule has 0 aliphatic heterocycles. The zero-order valence-corrected chi connectivity index (χ0v) is 10.4. The molecule has 3 heteroatoms. The normalized spacial score (nSPS) is 12.7. The van der Waals surface area contributed by atoms with Crippen LogP contribution >= 0.6 is 11.3 Å². The molecule has 1 unspecified atom stereocenters. The average Bonchev–Trinajstić information content (AvgIpc) is 2.74. The summed E-state index contributed by atoms with van der Waals surface area (Å²) < 4.78 is 0. The Morgan fingerprint density at radius 1 is 1.31 bits per heavy atom. The standard InChI is InChI=1S/C13H16N2S/c1-3-11-12(9(2)14)16-13(15-11)10-7-5-4-6-8-10/h4-9H,3,14H2,1-2H3. The quantitative estimate of drug-likeness (QED) is 0.881. The highest BCUT2D eigenvalue weighted by Gasteiger charge is 2.13. The van der Waals surface area contributed by atoms with Gasteiger partial charge in [-0.05, 0) is 13.3 Å². The summed E-state index contributed by atoms with van der Waals surface area (Å²) in [6.07, 6.45) is 0.945. The third kappa shape index (κ3) is 2.15. The summed E-state index contributed by atoms with van der Waals surface area (Å²) in [7, 11) is 0. The van der Waals surface area contributed by atoms with E-state index in [1.807, 2.05) is 25.1 Å². The van der Waals surface area contributed by atoms with Crippen LogP contribution in [0.2, 0.25) is 0 Å². The predicted molar refractivity (Wildman–Crippen MR) is 69.5 cm³/mol. The minimum atomic E-state index is 0.0740. The van der Waals surface area contributed by atoms with Crippen LogP contribution in [0, 0.1) is 0 Å². The first-order chi connectivity index (χ1) is 7.72. The minimum absolute atomic E-state index is 0.0740. The van der Waals surface area contributed by atoms with Crippen molar-refractivity contribution in [2.75, 3.05) is 0 Å². The molecule has 0 bridgehead atoms. The summed E-state index contributed by atoms with van der Waals surface area (Å²) in [6.45, 7) is 4.14. The topological polar surface area (TPSA) is 38.9 Å². The largest absolute Gasteiger partial charge is 0.323 e. The van der Waals surface area contributed by atoms with Crippen LogP contribution < -0.4 is 5.73 Å². The van der Waals surface area contributed by atoms with Crippen molar-refractivity contribution in [2.45, 2.75) is 26.3 Å². The van der Waals surface area contributed by atoms with E-state index in [1.54, 1.807) is 11.3 Å². The summed E-state index contributed by atoms with van der Waals surface area (Å²) in [5.41, 5.74) is 8.26. The van der Waals surface area contributed by atoms with Crippen molar-refractivity contribution in [1.29, 1.82) is 0 Å². The van der Waals surface area contributed by atoms with Gasteiger partial charge in [-0.2, -0.15) is 0 Å². The maximum Gasteiger partial charge on any atom is 0.123 e. The second-order valence-corrected chi connectivity index (χ2v) is 4.87. The molecule has 0 saturated heterocycles. The van der Waals surface area contributed by atoms with Gasteiger partial charge in [0.2, 0.25) is 0 Å². The van der Waals surface area contributed by atoms with Crippen LogP contribution in [0.4, 0.5) is 0 Å². The van der Waals surface area contributed by atoms with E-state index in [4.69, 9.17) is 5.73 Å². The monoisotopic (exact) mass is 232 g/mol. The van der Waals surface area contributed by atoms with Crippen molar-refractivity contribution in [3.63, 3.8) is 0 Å². The second-order valence-electron chi connectivity index (χ2n) is 3.84. The molecule has 1 aromatic carbocycles. The van der Waals surface area contributed by atoms with Gasteiger partial charge in [0, 0.05) is 16.5 Å². The molecule has 0 fully saturated rings. The number of nitrogens with zero attached hydrogens (tertiary/aromatic N) is 1. The van der Waals surface area contributed by atoms with Crippen LogP contribution in [-0.4, -0.2) is 4.98 Å². The van der Waals surface area contributed by atoms with Crippen molar-refractivity contribution in [3.8, 4) is 10.6 Å². The molecule has 2 N–H and O–H groups in total. The van der Waals surface area contributed by atoms with Crippen molar-refractivity contribution in [3.05, 3.63) is 40.9 Å². The number of rotatable bonds is 3. The first kappa shape index (κ1) is 11.3. The van der Waals surface area contributed by atoms with Gasteiger partial charge in [-0.15, -0.1) is 11.3 Å². The molecule has 0 radical (unpaired) electrons. The second kappa shape index (κ2) is 4.76. The van der Waals surface area contributed by atoms with Crippen molar-refractivity contribution in [2.24, 2.45) is 5.73 Å². The minimum Gasteiger partial charge on any atom is -0.323 e. The lowest BCUT2D eigenvalue weighted by atomic mass is 10.2. The van der Waals surface area contributed by atoms with E-state index in [9.17, 15) is 0 Å². The van der Waals surface area contributed by atoms with Gasteiger partial charge in [0.05, 0.1) is 5.69 Å². The number of hydrogen-bond donors (Lipinski definition) is 1. The molecular weight excluding hydrogens is 216 g/mol.